The van der Waals surface area contributed by atoms with Crippen LogP contribution in [0.1, 0.15) is 29.3 Å². The summed E-state index contributed by atoms with van der Waals surface area (Å²) in [5.41, 5.74) is 0.885. The largest absolute Gasteiger partial charge is 0.489 e. The van der Waals surface area contributed by atoms with Crippen molar-refractivity contribution < 1.29 is 28.2 Å². The number of fused-ring (bicyclic) bond motifs is 1. The van der Waals surface area contributed by atoms with Crippen molar-refractivity contribution in [3.63, 3.8) is 0 Å². The smallest absolute Gasteiger partial charge is 0.339 e. The van der Waals surface area contributed by atoms with E-state index in [9.17, 15) is 14.0 Å². The number of esters is 1. The first-order valence-corrected chi connectivity index (χ1v) is 9.14. The highest BCUT2D eigenvalue weighted by Gasteiger charge is 2.22. The maximum absolute atomic E-state index is 12.9. The third-order valence-electron chi connectivity index (χ3n) is 4.07. The fraction of sp³-hybridized carbons (Fsp3) is 0.300. The molecule has 1 heterocycles. The van der Waals surface area contributed by atoms with E-state index in [-0.39, 0.29) is 22.9 Å². The van der Waals surface area contributed by atoms with Gasteiger partial charge in [0.25, 0.3) is 5.91 Å². The van der Waals surface area contributed by atoms with Crippen LogP contribution >= 0.6 is 11.6 Å². The molecule has 0 saturated carbocycles. The monoisotopic (exact) mass is 407 g/mol. The van der Waals surface area contributed by atoms with Gasteiger partial charge in [0.15, 0.2) is 17.6 Å². The minimum absolute atomic E-state index is 0.160. The van der Waals surface area contributed by atoms with E-state index in [1.165, 1.54) is 31.2 Å². The molecule has 8 heteroatoms. The Bertz CT molecular complexity index is 872. The fourth-order valence-corrected chi connectivity index (χ4v) is 2.83. The Balaban J connectivity index is 1.60. The molecule has 1 aliphatic rings. The van der Waals surface area contributed by atoms with Gasteiger partial charge in [-0.1, -0.05) is 23.7 Å². The summed E-state index contributed by atoms with van der Waals surface area (Å²) >= 11 is 6.17. The van der Waals surface area contributed by atoms with Crippen molar-refractivity contribution in [2.75, 3.05) is 13.2 Å². The second-order valence-corrected chi connectivity index (χ2v) is 6.63. The summed E-state index contributed by atoms with van der Waals surface area (Å²) in [6.45, 7) is 2.57. The van der Waals surface area contributed by atoms with Gasteiger partial charge in [-0.2, -0.15) is 0 Å². The molecule has 2 aromatic carbocycles. The zero-order valence-electron chi connectivity index (χ0n) is 15.2. The van der Waals surface area contributed by atoms with E-state index in [0.717, 1.165) is 5.56 Å². The van der Waals surface area contributed by atoms with Crippen LogP contribution in [0.2, 0.25) is 5.02 Å². The molecule has 0 aliphatic carbocycles. The fourth-order valence-electron chi connectivity index (χ4n) is 2.57. The minimum Gasteiger partial charge on any atom is -0.489 e. The molecule has 0 saturated heterocycles. The molecule has 6 nitrogen and oxygen atoms in total. The molecule has 1 N–H and O–H groups in total. The molecule has 1 atom stereocenters. The van der Waals surface area contributed by atoms with Crippen molar-refractivity contribution in [3.8, 4) is 11.5 Å². The highest BCUT2D eigenvalue weighted by Crippen LogP contribution is 2.38. The van der Waals surface area contributed by atoms with Crippen molar-refractivity contribution in [1.29, 1.82) is 0 Å². The molecular weight excluding hydrogens is 389 g/mol. The Morgan fingerprint density at radius 1 is 1.21 bits per heavy atom. The number of benzene rings is 2. The van der Waals surface area contributed by atoms with Crippen molar-refractivity contribution >= 4 is 23.5 Å². The average Bonchev–Trinajstić information content (AvgIpc) is 2.93. The van der Waals surface area contributed by atoms with Gasteiger partial charge in [0.2, 0.25) is 0 Å². The van der Waals surface area contributed by atoms with Gasteiger partial charge in [-0.25, -0.2) is 9.18 Å². The lowest BCUT2D eigenvalue weighted by Crippen LogP contribution is -2.35. The number of nitrogens with one attached hydrogen (secondary N) is 1. The van der Waals surface area contributed by atoms with Crippen molar-refractivity contribution in [1.82, 2.24) is 5.32 Å². The lowest BCUT2D eigenvalue weighted by atomic mass is 10.2. The van der Waals surface area contributed by atoms with Crippen LogP contribution < -0.4 is 14.8 Å². The number of carbonyl (C=O) groups excluding carboxylic acids is 2. The number of carbonyl (C=O) groups is 2. The maximum Gasteiger partial charge on any atom is 0.339 e. The zero-order chi connectivity index (χ0) is 20.1. The third kappa shape index (κ3) is 4.92. The van der Waals surface area contributed by atoms with Gasteiger partial charge in [0.1, 0.15) is 5.82 Å². The normalized spacial score (nSPS) is 14.0. The van der Waals surface area contributed by atoms with Gasteiger partial charge in [-0.15, -0.1) is 0 Å². The van der Waals surface area contributed by atoms with Gasteiger partial charge >= 0.3 is 5.97 Å². The Labute approximate surface area is 166 Å². The van der Waals surface area contributed by atoms with Gasteiger partial charge in [0, 0.05) is 13.0 Å². The summed E-state index contributed by atoms with van der Waals surface area (Å²) in [6.07, 6.45) is -0.321. The Kier molecular flexibility index (Phi) is 6.36. The number of rotatable bonds is 5. The van der Waals surface area contributed by atoms with Gasteiger partial charge in [0.05, 0.1) is 23.8 Å². The minimum atomic E-state index is -1.03. The predicted molar refractivity (Wildman–Crippen MR) is 100 cm³/mol. The number of hydrogen-bond donors (Lipinski definition) is 1. The standard InChI is InChI=1S/C20H19ClFNO5/c1-12(19(24)23-11-13-3-5-15(22)6-4-13)28-20(25)14-9-16(21)18-17(10-14)26-7-2-8-27-18/h3-6,9-10,12H,2,7-8,11H2,1H3,(H,23,24)/t12-/m0/s1. The molecule has 0 unspecified atom stereocenters. The van der Waals surface area contributed by atoms with Crippen molar-refractivity contribution in [2.45, 2.75) is 26.0 Å². The molecule has 2 aromatic rings. The van der Waals surface area contributed by atoms with Crippen LogP contribution in [-0.2, 0) is 16.1 Å². The van der Waals surface area contributed by atoms with E-state index >= 15 is 0 Å². The van der Waals surface area contributed by atoms with Crippen molar-refractivity contribution in [2.24, 2.45) is 0 Å². The van der Waals surface area contributed by atoms with Crippen LogP contribution in [0.4, 0.5) is 4.39 Å². The summed E-state index contributed by atoms with van der Waals surface area (Å²) in [4.78, 5) is 24.6. The van der Waals surface area contributed by atoms with Gasteiger partial charge in [-0.3, -0.25) is 4.79 Å². The highest BCUT2D eigenvalue weighted by molar-refractivity contribution is 6.32. The molecule has 0 fully saturated rings. The predicted octanol–water partition coefficient (Wildman–Crippen LogP) is 3.50. The molecule has 0 bridgehead atoms. The lowest BCUT2D eigenvalue weighted by Gasteiger charge is -2.15. The van der Waals surface area contributed by atoms with Crippen molar-refractivity contribution in [3.05, 3.63) is 58.4 Å². The molecule has 1 aliphatic heterocycles. The van der Waals surface area contributed by atoms with Crippen LogP contribution in [0, 0.1) is 5.82 Å². The SMILES string of the molecule is C[C@H](OC(=O)c1cc(Cl)c2c(c1)OCCCO2)C(=O)NCc1ccc(F)cc1. The number of hydrogen-bond acceptors (Lipinski definition) is 5. The van der Waals surface area contributed by atoms with E-state index in [1.54, 1.807) is 12.1 Å². The molecule has 1 amide bonds. The highest BCUT2D eigenvalue weighted by atomic mass is 35.5. The van der Waals surface area contributed by atoms with E-state index in [1.807, 2.05) is 0 Å². The first-order valence-electron chi connectivity index (χ1n) is 8.76. The summed E-state index contributed by atoms with van der Waals surface area (Å²) in [7, 11) is 0. The Morgan fingerprint density at radius 2 is 1.93 bits per heavy atom. The lowest BCUT2D eigenvalue weighted by molar-refractivity contribution is -0.129. The van der Waals surface area contributed by atoms with Crippen LogP contribution in [-0.4, -0.2) is 31.2 Å². The third-order valence-corrected chi connectivity index (χ3v) is 4.35. The maximum atomic E-state index is 12.9. The topological polar surface area (TPSA) is 73.9 Å². The van der Waals surface area contributed by atoms with Gasteiger partial charge < -0.3 is 19.5 Å². The molecule has 148 valence electrons. The van der Waals surface area contributed by atoms with Crippen LogP contribution in [0.25, 0.3) is 0 Å². The van der Waals surface area contributed by atoms with E-state index in [2.05, 4.69) is 5.32 Å². The second-order valence-electron chi connectivity index (χ2n) is 6.23. The molecular formula is C20H19ClFNO5. The van der Waals surface area contributed by atoms with E-state index in [4.69, 9.17) is 25.8 Å². The summed E-state index contributed by atoms with van der Waals surface area (Å²) in [5.74, 6) is -0.780. The first kappa shape index (κ1) is 19.9. The molecule has 0 spiro atoms. The van der Waals surface area contributed by atoms with Crippen LogP contribution in [0.3, 0.4) is 0 Å². The summed E-state index contributed by atoms with van der Waals surface area (Å²) in [5, 5.41) is 2.87. The first-order chi connectivity index (χ1) is 13.4. The summed E-state index contributed by atoms with van der Waals surface area (Å²) in [6, 6.07) is 8.63. The molecule has 28 heavy (non-hydrogen) atoms. The van der Waals surface area contributed by atoms with E-state index < -0.39 is 18.0 Å². The Morgan fingerprint density at radius 3 is 2.68 bits per heavy atom. The summed E-state index contributed by atoms with van der Waals surface area (Å²) < 4.78 is 29.2. The number of ether oxygens (including phenoxy) is 3. The molecule has 0 radical (unpaired) electrons. The molecule has 3 rings (SSSR count). The average molecular weight is 408 g/mol. The van der Waals surface area contributed by atoms with Crippen LogP contribution in [0.5, 0.6) is 11.5 Å². The van der Waals surface area contributed by atoms with Gasteiger partial charge in [-0.05, 0) is 36.8 Å². The second kappa shape index (κ2) is 8.93. The molecule has 0 aromatic heterocycles. The zero-order valence-corrected chi connectivity index (χ0v) is 15.9. The quantitative estimate of drug-likeness (QED) is 0.768. The van der Waals surface area contributed by atoms with E-state index in [0.29, 0.717) is 31.1 Å². The number of amides is 1. The Hall–Kier alpha value is -2.80. The number of halogens is 2. The van der Waals surface area contributed by atoms with Crippen LogP contribution in [0.15, 0.2) is 36.4 Å².